The maximum Gasteiger partial charge on any atom is 0.410 e. The monoisotopic (exact) mass is 317 g/mol. The summed E-state index contributed by atoms with van der Waals surface area (Å²) in [6.45, 7) is 3.70. The molecule has 0 aromatic heterocycles. The predicted molar refractivity (Wildman–Crippen MR) is 85.8 cm³/mol. The van der Waals surface area contributed by atoms with E-state index < -0.39 is 5.92 Å². The molecule has 0 N–H and O–H groups in total. The molecule has 5 nitrogen and oxygen atoms in total. The molecule has 0 bridgehead atoms. The number of carbonyl (C=O) groups excluding carboxylic acids is 3. The quantitative estimate of drug-likeness (QED) is 0.757. The topological polar surface area (TPSA) is 63.7 Å². The summed E-state index contributed by atoms with van der Waals surface area (Å²) in [6.07, 6.45) is 1.69. The van der Waals surface area contributed by atoms with Crippen molar-refractivity contribution in [3.63, 3.8) is 0 Å². The molecule has 124 valence electrons. The Morgan fingerprint density at radius 1 is 1.17 bits per heavy atom. The number of rotatable bonds is 6. The second kappa shape index (κ2) is 7.90. The van der Waals surface area contributed by atoms with Crippen LogP contribution in [0.1, 0.15) is 38.7 Å². The van der Waals surface area contributed by atoms with E-state index in [4.69, 9.17) is 4.74 Å². The number of amides is 1. The van der Waals surface area contributed by atoms with E-state index in [1.54, 1.807) is 4.90 Å². The minimum absolute atomic E-state index is 0.101. The van der Waals surface area contributed by atoms with Crippen LogP contribution in [0.3, 0.4) is 0 Å². The zero-order chi connectivity index (χ0) is 16.8. The highest BCUT2D eigenvalue weighted by Gasteiger charge is 2.34. The lowest BCUT2D eigenvalue weighted by atomic mass is 9.92. The normalized spacial score (nSPS) is 17.3. The number of likely N-dealkylation sites (tertiary alicyclic amines) is 1. The smallest absolute Gasteiger partial charge is 0.410 e. The lowest BCUT2D eigenvalue weighted by Gasteiger charge is -2.26. The molecule has 1 atom stereocenters. The molecule has 1 fully saturated rings. The van der Waals surface area contributed by atoms with Crippen LogP contribution in [0, 0.1) is 5.92 Å². The first kappa shape index (κ1) is 17.2. The second-order valence-electron chi connectivity index (χ2n) is 6.04. The fraction of sp³-hybridized carbons (Fsp3) is 0.500. The van der Waals surface area contributed by atoms with Crippen LogP contribution in [0.15, 0.2) is 30.3 Å². The molecule has 1 saturated heterocycles. The molecule has 23 heavy (non-hydrogen) atoms. The lowest BCUT2D eigenvalue weighted by Crippen LogP contribution is -2.39. The fourth-order valence-corrected chi connectivity index (χ4v) is 3.01. The van der Waals surface area contributed by atoms with E-state index in [9.17, 15) is 14.4 Å². The molecular formula is C18H23NO4. The number of hydrogen-bond donors (Lipinski definition) is 0. The Morgan fingerprint density at radius 2 is 1.83 bits per heavy atom. The highest BCUT2D eigenvalue weighted by Crippen LogP contribution is 2.25. The number of ether oxygens (including phenoxy) is 1. The van der Waals surface area contributed by atoms with Gasteiger partial charge in [-0.05, 0) is 38.7 Å². The van der Waals surface area contributed by atoms with E-state index >= 15 is 0 Å². The maximum absolute atomic E-state index is 12.3. The van der Waals surface area contributed by atoms with E-state index in [2.05, 4.69) is 0 Å². The van der Waals surface area contributed by atoms with Crippen LogP contribution in [0.2, 0.25) is 0 Å². The van der Waals surface area contributed by atoms with Gasteiger partial charge in [0.05, 0.1) is 5.92 Å². The van der Waals surface area contributed by atoms with E-state index in [1.807, 2.05) is 30.3 Å². The minimum Gasteiger partial charge on any atom is -0.445 e. The van der Waals surface area contributed by atoms with Gasteiger partial charge in [0.1, 0.15) is 18.2 Å². The zero-order valence-electron chi connectivity index (χ0n) is 13.7. The minimum atomic E-state index is -0.623. The molecule has 1 amide bonds. The Labute approximate surface area is 136 Å². The summed E-state index contributed by atoms with van der Waals surface area (Å²) in [5, 5.41) is 0. The molecule has 1 heterocycles. The third-order valence-corrected chi connectivity index (χ3v) is 4.31. The summed E-state index contributed by atoms with van der Waals surface area (Å²) in [5.41, 5.74) is 0.932. The molecule has 0 saturated carbocycles. The van der Waals surface area contributed by atoms with Crippen molar-refractivity contribution in [2.45, 2.75) is 45.8 Å². The van der Waals surface area contributed by atoms with Crippen molar-refractivity contribution >= 4 is 17.7 Å². The van der Waals surface area contributed by atoms with Crippen LogP contribution in [0.5, 0.6) is 0 Å². The van der Waals surface area contributed by atoms with Crippen molar-refractivity contribution in [1.29, 1.82) is 0 Å². The van der Waals surface area contributed by atoms with Gasteiger partial charge in [-0.2, -0.15) is 0 Å². The Bertz CT molecular complexity index is 556. The van der Waals surface area contributed by atoms with E-state index in [1.165, 1.54) is 13.8 Å². The highest BCUT2D eigenvalue weighted by molar-refractivity contribution is 6.00. The number of benzene rings is 1. The van der Waals surface area contributed by atoms with Gasteiger partial charge in [0, 0.05) is 12.6 Å². The summed E-state index contributed by atoms with van der Waals surface area (Å²) >= 11 is 0. The number of Topliss-reactive ketones (excluding diaryl/α,β-unsaturated/α-hetero) is 2. The summed E-state index contributed by atoms with van der Waals surface area (Å²) in [6, 6.07) is 9.40. The molecule has 1 aliphatic rings. The van der Waals surface area contributed by atoms with Gasteiger partial charge in [-0.3, -0.25) is 9.59 Å². The Morgan fingerprint density at radius 3 is 2.43 bits per heavy atom. The zero-order valence-corrected chi connectivity index (χ0v) is 13.7. The lowest BCUT2D eigenvalue weighted by molar-refractivity contribution is -0.131. The van der Waals surface area contributed by atoms with Gasteiger partial charge in [-0.1, -0.05) is 30.3 Å². The van der Waals surface area contributed by atoms with Crippen molar-refractivity contribution < 1.29 is 19.1 Å². The van der Waals surface area contributed by atoms with Crippen LogP contribution in [-0.2, 0) is 20.9 Å². The van der Waals surface area contributed by atoms with Gasteiger partial charge in [-0.25, -0.2) is 4.79 Å². The van der Waals surface area contributed by atoms with Crippen molar-refractivity contribution in [3.8, 4) is 0 Å². The fourth-order valence-electron chi connectivity index (χ4n) is 3.01. The summed E-state index contributed by atoms with van der Waals surface area (Å²) in [7, 11) is 0. The number of nitrogens with zero attached hydrogens (tertiary/aromatic N) is 1. The van der Waals surface area contributed by atoms with Gasteiger partial charge in [0.2, 0.25) is 0 Å². The number of hydrogen-bond acceptors (Lipinski definition) is 4. The van der Waals surface area contributed by atoms with E-state index in [0.717, 1.165) is 18.4 Å². The number of carbonyl (C=O) groups is 3. The molecule has 0 radical (unpaired) electrons. The van der Waals surface area contributed by atoms with Gasteiger partial charge in [0.15, 0.2) is 0 Å². The largest absolute Gasteiger partial charge is 0.445 e. The molecule has 0 spiro atoms. The molecule has 1 aromatic carbocycles. The number of ketones is 2. The van der Waals surface area contributed by atoms with Crippen molar-refractivity contribution in [2.24, 2.45) is 5.92 Å². The molecule has 1 aromatic rings. The predicted octanol–water partition coefficient (Wildman–Crippen LogP) is 2.97. The molecule has 2 rings (SSSR count). The van der Waals surface area contributed by atoms with Crippen LogP contribution >= 0.6 is 0 Å². The SMILES string of the molecule is CC(=O)C(CC1CCCN1C(=O)OCc1ccccc1)C(C)=O. The van der Waals surface area contributed by atoms with Crippen molar-refractivity contribution in [2.75, 3.05) is 6.54 Å². The molecule has 0 aliphatic carbocycles. The second-order valence-corrected chi connectivity index (χ2v) is 6.04. The van der Waals surface area contributed by atoms with Gasteiger partial charge in [-0.15, -0.1) is 0 Å². The van der Waals surface area contributed by atoms with Gasteiger partial charge in [0.25, 0.3) is 0 Å². The maximum atomic E-state index is 12.3. The molecular weight excluding hydrogens is 294 g/mol. The first-order chi connectivity index (χ1) is 11.0. The first-order valence-electron chi connectivity index (χ1n) is 7.97. The Hall–Kier alpha value is -2.17. The van der Waals surface area contributed by atoms with Crippen molar-refractivity contribution in [1.82, 2.24) is 4.90 Å². The highest BCUT2D eigenvalue weighted by atomic mass is 16.6. The third kappa shape index (κ3) is 4.65. The van der Waals surface area contributed by atoms with Crippen LogP contribution in [0.25, 0.3) is 0 Å². The van der Waals surface area contributed by atoms with Crippen LogP contribution < -0.4 is 0 Å². The standard InChI is InChI=1S/C18H23NO4/c1-13(20)17(14(2)21)11-16-9-6-10-19(16)18(22)23-12-15-7-4-3-5-8-15/h3-5,7-8,16-17H,6,9-12H2,1-2H3. The third-order valence-electron chi connectivity index (χ3n) is 4.31. The van der Waals surface area contributed by atoms with Crippen LogP contribution in [-0.4, -0.2) is 35.1 Å². The Kier molecular flexibility index (Phi) is 5.90. The van der Waals surface area contributed by atoms with E-state index in [-0.39, 0.29) is 30.3 Å². The van der Waals surface area contributed by atoms with Gasteiger partial charge < -0.3 is 9.64 Å². The summed E-state index contributed by atoms with van der Waals surface area (Å²) in [4.78, 5) is 37.1. The average molecular weight is 317 g/mol. The van der Waals surface area contributed by atoms with E-state index in [0.29, 0.717) is 13.0 Å². The summed E-state index contributed by atoms with van der Waals surface area (Å²) in [5.74, 6) is -0.897. The average Bonchev–Trinajstić information content (AvgIpc) is 2.99. The summed E-state index contributed by atoms with van der Waals surface area (Å²) < 4.78 is 5.36. The molecule has 1 aliphatic heterocycles. The Balaban J connectivity index is 1.93. The van der Waals surface area contributed by atoms with Gasteiger partial charge >= 0.3 is 6.09 Å². The first-order valence-corrected chi connectivity index (χ1v) is 7.97. The van der Waals surface area contributed by atoms with Crippen LogP contribution in [0.4, 0.5) is 4.79 Å². The molecule has 1 unspecified atom stereocenters. The molecule has 5 heteroatoms. The van der Waals surface area contributed by atoms with Crippen molar-refractivity contribution in [3.05, 3.63) is 35.9 Å².